The van der Waals surface area contributed by atoms with Crippen LogP contribution in [0.25, 0.3) is 0 Å². The number of aryl methyl sites for hydroxylation is 1. The zero-order valence-corrected chi connectivity index (χ0v) is 20.2. The molecule has 0 saturated carbocycles. The number of ether oxygens (including phenoxy) is 1. The molecule has 2 aromatic rings. The second-order valence-corrected chi connectivity index (χ2v) is 9.30. The fraction of sp³-hybridized carbons (Fsp3) is 0.417. The summed E-state index contributed by atoms with van der Waals surface area (Å²) in [6, 6.07) is 12.0. The average molecular weight is 465 g/mol. The Kier molecular flexibility index (Phi) is 8.78. The number of rotatable bonds is 8. The Hall–Kier alpha value is -2.24. The van der Waals surface area contributed by atoms with Crippen LogP contribution in [0.15, 0.2) is 42.5 Å². The van der Waals surface area contributed by atoms with E-state index in [0.29, 0.717) is 22.2 Å². The first-order valence-electron chi connectivity index (χ1n) is 10.3. The van der Waals surface area contributed by atoms with Crippen molar-refractivity contribution >= 4 is 35.0 Å². The Morgan fingerprint density at radius 1 is 1.10 bits per heavy atom. The van der Waals surface area contributed by atoms with E-state index in [1.54, 1.807) is 23.1 Å². The van der Waals surface area contributed by atoms with Gasteiger partial charge in [-0.1, -0.05) is 54.4 Å². The number of hydrogen-bond acceptors (Lipinski definition) is 3. The third-order valence-electron chi connectivity index (χ3n) is 4.67. The summed E-state index contributed by atoms with van der Waals surface area (Å²) in [5.41, 5.74) is 1.30. The minimum absolute atomic E-state index is 0.175. The SMILES string of the molecule is CC[C@@H](C(=O)NC(C)(C)C)N(Cc1ccc(Cl)c(Cl)c1)C(=O)COc1ccccc1C. The fourth-order valence-corrected chi connectivity index (χ4v) is 3.47. The summed E-state index contributed by atoms with van der Waals surface area (Å²) >= 11 is 12.2. The summed E-state index contributed by atoms with van der Waals surface area (Å²) in [5.74, 6) is 0.141. The van der Waals surface area contributed by atoms with Crippen LogP contribution in [0.1, 0.15) is 45.2 Å². The quantitative estimate of drug-likeness (QED) is 0.568. The van der Waals surface area contributed by atoms with Crippen LogP contribution in [0.5, 0.6) is 5.75 Å². The number of para-hydroxylation sites is 1. The van der Waals surface area contributed by atoms with Gasteiger partial charge in [-0.3, -0.25) is 9.59 Å². The van der Waals surface area contributed by atoms with Crippen molar-refractivity contribution in [2.45, 2.75) is 59.2 Å². The van der Waals surface area contributed by atoms with Crippen molar-refractivity contribution in [2.24, 2.45) is 0 Å². The van der Waals surface area contributed by atoms with E-state index in [0.717, 1.165) is 11.1 Å². The molecule has 0 aromatic heterocycles. The van der Waals surface area contributed by atoms with Gasteiger partial charge in [0.25, 0.3) is 5.91 Å². The highest BCUT2D eigenvalue weighted by atomic mass is 35.5. The number of carbonyl (C=O) groups excluding carboxylic acids is 2. The van der Waals surface area contributed by atoms with Crippen LogP contribution in [-0.2, 0) is 16.1 Å². The smallest absolute Gasteiger partial charge is 0.261 e. The maximum Gasteiger partial charge on any atom is 0.261 e. The summed E-state index contributed by atoms with van der Waals surface area (Å²) in [4.78, 5) is 27.7. The number of hydrogen-bond donors (Lipinski definition) is 1. The fourth-order valence-electron chi connectivity index (χ4n) is 3.15. The lowest BCUT2D eigenvalue weighted by Crippen LogP contribution is -2.54. The van der Waals surface area contributed by atoms with Crippen LogP contribution in [0.2, 0.25) is 10.0 Å². The van der Waals surface area contributed by atoms with E-state index in [9.17, 15) is 9.59 Å². The predicted molar refractivity (Wildman–Crippen MR) is 126 cm³/mol. The molecule has 0 fully saturated rings. The third kappa shape index (κ3) is 7.44. The molecule has 1 atom stereocenters. The van der Waals surface area contributed by atoms with E-state index < -0.39 is 11.6 Å². The molecule has 0 unspecified atom stereocenters. The van der Waals surface area contributed by atoms with Gasteiger partial charge in [0.15, 0.2) is 6.61 Å². The lowest BCUT2D eigenvalue weighted by molar-refractivity contribution is -0.143. The summed E-state index contributed by atoms with van der Waals surface area (Å²) in [6.45, 7) is 9.55. The minimum Gasteiger partial charge on any atom is -0.484 e. The number of amides is 2. The molecule has 168 valence electrons. The van der Waals surface area contributed by atoms with Crippen molar-refractivity contribution in [3.05, 3.63) is 63.6 Å². The topological polar surface area (TPSA) is 58.6 Å². The normalized spacial score (nSPS) is 12.2. The molecule has 0 radical (unpaired) electrons. The van der Waals surface area contributed by atoms with Crippen LogP contribution in [0, 0.1) is 6.92 Å². The molecule has 0 aliphatic carbocycles. The van der Waals surface area contributed by atoms with Crippen LogP contribution in [-0.4, -0.2) is 34.9 Å². The van der Waals surface area contributed by atoms with Gasteiger partial charge in [-0.25, -0.2) is 0 Å². The van der Waals surface area contributed by atoms with E-state index in [-0.39, 0.29) is 25.0 Å². The van der Waals surface area contributed by atoms with Crippen molar-refractivity contribution in [1.82, 2.24) is 10.2 Å². The van der Waals surface area contributed by atoms with Crippen molar-refractivity contribution in [3.8, 4) is 5.75 Å². The van der Waals surface area contributed by atoms with Crippen LogP contribution >= 0.6 is 23.2 Å². The van der Waals surface area contributed by atoms with Crippen LogP contribution in [0.3, 0.4) is 0 Å². The highest BCUT2D eigenvalue weighted by Gasteiger charge is 2.31. The van der Waals surface area contributed by atoms with Gasteiger partial charge in [0.1, 0.15) is 11.8 Å². The maximum absolute atomic E-state index is 13.2. The van der Waals surface area contributed by atoms with Crippen molar-refractivity contribution in [1.29, 1.82) is 0 Å². The Morgan fingerprint density at radius 3 is 2.35 bits per heavy atom. The molecule has 1 N–H and O–H groups in total. The molecule has 0 spiro atoms. The van der Waals surface area contributed by atoms with Crippen molar-refractivity contribution < 1.29 is 14.3 Å². The molecule has 0 bridgehead atoms. The molecule has 0 saturated heterocycles. The molecule has 7 heteroatoms. The first kappa shape index (κ1) is 25.0. The van der Waals surface area contributed by atoms with Gasteiger partial charge < -0.3 is 15.0 Å². The van der Waals surface area contributed by atoms with Crippen molar-refractivity contribution in [2.75, 3.05) is 6.61 Å². The Labute approximate surface area is 194 Å². The number of nitrogens with zero attached hydrogens (tertiary/aromatic N) is 1. The molecule has 0 aliphatic rings. The lowest BCUT2D eigenvalue weighted by Gasteiger charge is -2.33. The molecular weight excluding hydrogens is 435 g/mol. The van der Waals surface area contributed by atoms with E-state index in [4.69, 9.17) is 27.9 Å². The third-order valence-corrected chi connectivity index (χ3v) is 5.40. The van der Waals surface area contributed by atoms with Gasteiger partial charge in [0.2, 0.25) is 5.91 Å². The second-order valence-electron chi connectivity index (χ2n) is 8.49. The van der Waals surface area contributed by atoms with Crippen molar-refractivity contribution in [3.63, 3.8) is 0 Å². The summed E-state index contributed by atoms with van der Waals surface area (Å²) in [7, 11) is 0. The number of halogens is 2. The molecule has 5 nitrogen and oxygen atoms in total. The monoisotopic (exact) mass is 464 g/mol. The van der Waals surface area contributed by atoms with E-state index >= 15 is 0 Å². The van der Waals surface area contributed by atoms with E-state index in [1.165, 1.54) is 0 Å². The molecule has 2 amide bonds. The minimum atomic E-state index is -0.651. The van der Waals surface area contributed by atoms with Crippen LogP contribution < -0.4 is 10.1 Å². The number of carbonyl (C=O) groups is 2. The molecular formula is C24H30Cl2N2O3. The standard InChI is InChI=1S/C24H30Cl2N2O3/c1-6-20(23(30)27-24(3,4)5)28(14-17-11-12-18(25)19(26)13-17)22(29)15-31-21-10-8-7-9-16(21)2/h7-13,20H,6,14-15H2,1-5H3,(H,27,30)/t20-/m0/s1. The highest BCUT2D eigenvalue weighted by molar-refractivity contribution is 6.42. The van der Waals surface area contributed by atoms with Gasteiger partial charge in [-0.05, 0) is 63.4 Å². The van der Waals surface area contributed by atoms with Gasteiger partial charge in [-0.15, -0.1) is 0 Å². The first-order chi connectivity index (χ1) is 14.5. The lowest BCUT2D eigenvalue weighted by atomic mass is 10.1. The van der Waals surface area contributed by atoms with Crippen LogP contribution in [0.4, 0.5) is 0 Å². The molecule has 31 heavy (non-hydrogen) atoms. The van der Waals surface area contributed by atoms with E-state index in [2.05, 4.69) is 5.32 Å². The zero-order valence-electron chi connectivity index (χ0n) is 18.7. The van der Waals surface area contributed by atoms with E-state index in [1.807, 2.05) is 58.9 Å². The predicted octanol–water partition coefficient (Wildman–Crippen LogP) is 5.40. The average Bonchev–Trinajstić information content (AvgIpc) is 2.68. The summed E-state index contributed by atoms with van der Waals surface area (Å²) < 4.78 is 5.77. The Balaban J connectivity index is 2.28. The summed E-state index contributed by atoms with van der Waals surface area (Å²) in [5, 5.41) is 3.81. The van der Waals surface area contributed by atoms with Gasteiger partial charge in [-0.2, -0.15) is 0 Å². The Bertz CT molecular complexity index is 925. The molecule has 0 heterocycles. The highest BCUT2D eigenvalue weighted by Crippen LogP contribution is 2.24. The largest absolute Gasteiger partial charge is 0.484 e. The van der Waals surface area contributed by atoms with Gasteiger partial charge in [0.05, 0.1) is 10.0 Å². The number of benzene rings is 2. The molecule has 2 rings (SSSR count). The maximum atomic E-state index is 13.2. The number of nitrogens with one attached hydrogen (secondary N) is 1. The van der Waals surface area contributed by atoms with Gasteiger partial charge >= 0.3 is 0 Å². The first-order valence-corrected chi connectivity index (χ1v) is 11.0. The Morgan fingerprint density at radius 2 is 1.77 bits per heavy atom. The molecule has 2 aromatic carbocycles. The second kappa shape index (κ2) is 10.9. The zero-order chi connectivity index (χ0) is 23.2. The molecule has 0 aliphatic heterocycles. The van der Waals surface area contributed by atoms with Gasteiger partial charge in [0, 0.05) is 12.1 Å². The summed E-state index contributed by atoms with van der Waals surface area (Å²) in [6.07, 6.45) is 0.458.